The summed E-state index contributed by atoms with van der Waals surface area (Å²) in [6.07, 6.45) is 0.812. The van der Waals surface area contributed by atoms with Crippen molar-refractivity contribution in [2.24, 2.45) is 11.7 Å². The molecule has 0 fully saturated rings. The number of alkyl halides is 1. The van der Waals surface area contributed by atoms with Gasteiger partial charge in [-0.1, -0.05) is 6.92 Å². The lowest BCUT2D eigenvalue weighted by Crippen LogP contribution is -2.21. The molecule has 0 spiro atoms. The minimum absolute atomic E-state index is 0.271. The summed E-state index contributed by atoms with van der Waals surface area (Å²) in [6, 6.07) is 0. The van der Waals surface area contributed by atoms with Gasteiger partial charge in [-0.15, -0.1) is 0 Å². The Hall–Kier alpha value is -0.860. The van der Waals surface area contributed by atoms with E-state index in [1.54, 1.807) is 6.92 Å². The molecule has 0 radical (unpaired) electrons. The first-order valence-corrected chi connectivity index (χ1v) is 3.09. The summed E-state index contributed by atoms with van der Waals surface area (Å²) >= 11 is 0. The Balaban J connectivity index is 2.85. The fourth-order valence-electron chi connectivity index (χ4n) is 0.819. The summed E-state index contributed by atoms with van der Waals surface area (Å²) in [5, 5.41) is 0. The third kappa shape index (κ3) is 1.17. The van der Waals surface area contributed by atoms with Gasteiger partial charge >= 0.3 is 0 Å². The Kier molecular flexibility index (Phi) is 1.74. The third-order valence-corrected chi connectivity index (χ3v) is 1.63. The average molecular weight is 145 g/mol. The van der Waals surface area contributed by atoms with Crippen molar-refractivity contribution in [3.8, 4) is 0 Å². The van der Waals surface area contributed by atoms with Crippen LogP contribution in [0.5, 0.6) is 0 Å². The molecule has 0 aromatic rings. The molecule has 1 rings (SSSR count). The van der Waals surface area contributed by atoms with Crippen molar-refractivity contribution in [1.29, 1.82) is 0 Å². The molecule has 0 aromatic heterocycles. The molecule has 0 aliphatic heterocycles. The number of allylic oxidation sites excluding steroid dienone is 4. The van der Waals surface area contributed by atoms with Crippen LogP contribution >= 0.6 is 0 Å². The third-order valence-electron chi connectivity index (χ3n) is 1.63. The van der Waals surface area contributed by atoms with Gasteiger partial charge in [0, 0.05) is 11.6 Å². The van der Waals surface area contributed by atoms with E-state index in [0.717, 1.165) is 12.2 Å². The van der Waals surface area contributed by atoms with Crippen molar-refractivity contribution in [1.82, 2.24) is 0 Å². The van der Waals surface area contributed by atoms with E-state index in [1.807, 2.05) is 0 Å². The minimum atomic E-state index is -1.27. The SMILES string of the molecule is CC1C(N)=CC(F)=CC1F. The second-order valence-electron chi connectivity index (χ2n) is 2.43. The van der Waals surface area contributed by atoms with Gasteiger partial charge in [0.2, 0.25) is 0 Å². The lowest BCUT2D eigenvalue weighted by atomic mass is 9.97. The summed E-state index contributed by atoms with van der Waals surface area (Å²) in [6.45, 7) is 1.62. The van der Waals surface area contributed by atoms with Gasteiger partial charge in [-0.3, -0.25) is 0 Å². The van der Waals surface area contributed by atoms with Gasteiger partial charge in [0.05, 0.1) is 0 Å². The van der Waals surface area contributed by atoms with Crippen LogP contribution in [0.15, 0.2) is 23.7 Å². The van der Waals surface area contributed by atoms with Gasteiger partial charge in [0.25, 0.3) is 0 Å². The molecule has 0 aromatic carbocycles. The van der Waals surface area contributed by atoms with Crippen LogP contribution in [-0.4, -0.2) is 6.17 Å². The number of hydrogen-bond acceptors (Lipinski definition) is 1. The van der Waals surface area contributed by atoms with Gasteiger partial charge < -0.3 is 5.73 Å². The zero-order valence-electron chi connectivity index (χ0n) is 5.64. The Labute approximate surface area is 58.2 Å². The second kappa shape index (κ2) is 2.40. The zero-order chi connectivity index (χ0) is 7.72. The molecule has 2 atom stereocenters. The largest absolute Gasteiger partial charge is 0.402 e. The normalized spacial score (nSPS) is 33.1. The smallest absolute Gasteiger partial charge is 0.129 e. The van der Waals surface area contributed by atoms with Crippen molar-refractivity contribution in [2.75, 3.05) is 0 Å². The van der Waals surface area contributed by atoms with Crippen LogP contribution < -0.4 is 5.73 Å². The van der Waals surface area contributed by atoms with E-state index in [2.05, 4.69) is 0 Å². The summed E-state index contributed by atoms with van der Waals surface area (Å²) in [4.78, 5) is 0. The molecule has 1 nitrogen and oxygen atoms in total. The predicted molar refractivity (Wildman–Crippen MR) is 35.5 cm³/mol. The minimum Gasteiger partial charge on any atom is -0.402 e. The highest BCUT2D eigenvalue weighted by atomic mass is 19.1. The molecule has 1 aliphatic carbocycles. The molecule has 56 valence electrons. The van der Waals surface area contributed by atoms with Crippen molar-refractivity contribution in [3.63, 3.8) is 0 Å². The predicted octanol–water partition coefficient (Wildman–Crippen LogP) is 1.67. The van der Waals surface area contributed by atoms with E-state index >= 15 is 0 Å². The first kappa shape index (κ1) is 7.25. The van der Waals surface area contributed by atoms with Gasteiger partial charge in [-0.2, -0.15) is 0 Å². The summed E-state index contributed by atoms with van der Waals surface area (Å²) < 4.78 is 25.0. The van der Waals surface area contributed by atoms with Crippen LogP contribution in [0.4, 0.5) is 8.78 Å². The lowest BCUT2D eigenvalue weighted by molar-refractivity contribution is 0.314. The van der Waals surface area contributed by atoms with Crippen molar-refractivity contribution in [2.45, 2.75) is 13.1 Å². The van der Waals surface area contributed by atoms with Crippen molar-refractivity contribution in [3.05, 3.63) is 23.7 Å². The van der Waals surface area contributed by atoms with E-state index in [1.165, 1.54) is 0 Å². The van der Waals surface area contributed by atoms with Crippen LogP contribution in [-0.2, 0) is 0 Å². The van der Waals surface area contributed by atoms with Crippen LogP contribution in [0.25, 0.3) is 0 Å². The van der Waals surface area contributed by atoms with E-state index in [4.69, 9.17) is 5.73 Å². The van der Waals surface area contributed by atoms with Crippen molar-refractivity contribution < 1.29 is 8.78 Å². The van der Waals surface area contributed by atoms with E-state index in [-0.39, 0.29) is 11.6 Å². The highest BCUT2D eigenvalue weighted by Crippen LogP contribution is 2.23. The monoisotopic (exact) mass is 145 g/mol. The average Bonchev–Trinajstić information content (AvgIpc) is 1.82. The Morgan fingerprint density at radius 1 is 1.60 bits per heavy atom. The molecule has 3 heteroatoms. The van der Waals surface area contributed by atoms with Gasteiger partial charge in [-0.25, -0.2) is 8.78 Å². The maximum absolute atomic E-state index is 12.6. The topological polar surface area (TPSA) is 26.0 Å². The number of rotatable bonds is 0. The second-order valence-corrected chi connectivity index (χ2v) is 2.43. The molecule has 0 heterocycles. The molecule has 2 N–H and O–H groups in total. The first-order valence-electron chi connectivity index (χ1n) is 3.09. The van der Waals surface area contributed by atoms with Gasteiger partial charge in [0.15, 0.2) is 0 Å². The van der Waals surface area contributed by atoms with E-state index < -0.39 is 12.0 Å². The molecular formula is C7H9F2N. The van der Waals surface area contributed by atoms with Crippen LogP contribution in [0, 0.1) is 5.92 Å². The van der Waals surface area contributed by atoms with Crippen LogP contribution in [0.2, 0.25) is 0 Å². The fourth-order valence-corrected chi connectivity index (χ4v) is 0.819. The quantitative estimate of drug-likeness (QED) is 0.551. The maximum Gasteiger partial charge on any atom is 0.129 e. The van der Waals surface area contributed by atoms with Crippen molar-refractivity contribution >= 4 is 0 Å². The maximum atomic E-state index is 12.6. The molecule has 1 aliphatic rings. The molecule has 0 saturated carbocycles. The van der Waals surface area contributed by atoms with Crippen LogP contribution in [0.1, 0.15) is 6.92 Å². The van der Waals surface area contributed by atoms with E-state index in [0.29, 0.717) is 0 Å². The van der Waals surface area contributed by atoms with Gasteiger partial charge in [0.1, 0.15) is 12.0 Å². The summed E-state index contributed by atoms with van der Waals surface area (Å²) in [5.74, 6) is -0.970. The Bertz CT molecular complexity index is 196. The molecule has 0 saturated heterocycles. The number of nitrogens with two attached hydrogens (primary N) is 1. The zero-order valence-corrected chi connectivity index (χ0v) is 5.64. The molecule has 10 heavy (non-hydrogen) atoms. The Morgan fingerprint density at radius 2 is 2.20 bits per heavy atom. The van der Waals surface area contributed by atoms with E-state index in [9.17, 15) is 8.78 Å². The standard InChI is InChI=1S/C7H9F2N/c1-4-6(9)2-5(8)3-7(4)10/h2-4,6H,10H2,1H3. The molecule has 0 bridgehead atoms. The van der Waals surface area contributed by atoms with Crippen LogP contribution in [0.3, 0.4) is 0 Å². The number of hydrogen-bond donors (Lipinski definition) is 1. The fraction of sp³-hybridized carbons (Fsp3) is 0.429. The highest BCUT2D eigenvalue weighted by molar-refractivity contribution is 5.25. The lowest BCUT2D eigenvalue weighted by Gasteiger charge is -2.17. The summed E-state index contributed by atoms with van der Waals surface area (Å²) in [7, 11) is 0. The molecule has 0 amide bonds. The number of halogens is 2. The summed E-state index contributed by atoms with van der Waals surface area (Å²) in [5.41, 5.74) is 5.57. The Morgan fingerprint density at radius 3 is 2.70 bits per heavy atom. The first-order chi connectivity index (χ1) is 4.61. The highest BCUT2D eigenvalue weighted by Gasteiger charge is 2.21. The molecule has 2 unspecified atom stereocenters. The van der Waals surface area contributed by atoms with Gasteiger partial charge in [-0.05, 0) is 12.2 Å². The molecular weight excluding hydrogens is 136 g/mol.